The lowest BCUT2D eigenvalue weighted by atomic mass is 9.97. The Morgan fingerprint density at radius 3 is 2.30 bits per heavy atom. The first-order valence-electron chi connectivity index (χ1n) is 8.13. The van der Waals surface area contributed by atoms with Gasteiger partial charge in [-0.2, -0.15) is 0 Å². The summed E-state index contributed by atoms with van der Waals surface area (Å²) in [5.41, 5.74) is 2.51. The second kappa shape index (κ2) is 7.24. The van der Waals surface area contributed by atoms with Gasteiger partial charge >= 0.3 is 0 Å². The second-order valence-corrected chi connectivity index (χ2v) is 6.12. The molecule has 2 atom stereocenters. The number of hydrogen-bond acceptors (Lipinski definition) is 2. The van der Waals surface area contributed by atoms with Crippen LogP contribution < -0.4 is 0 Å². The molecule has 0 aliphatic carbocycles. The van der Waals surface area contributed by atoms with Gasteiger partial charge in [0.1, 0.15) is 6.10 Å². The normalized spacial score (nSPS) is 24.9. The van der Waals surface area contributed by atoms with E-state index in [0.29, 0.717) is 0 Å². The van der Waals surface area contributed by atoms with E-state index >= 15 is 0 Å². The minimum atomic E-state index is -0.948. The monoisotopic (exact) mass is 276 g/mol. The quantitative estimate of drug-likeness (QED) is 0.521. The van der Waals surface area contributed by atoms with Crippen molar-refractivity contribution in [3.8, 4) is 0 Å². The third-order valence-electron chi connectivity index (χ3n) is 4.17. The van der Waals surface area contributed by atoms with E-state index in [0.717, 1.165) is 6.42 Å². The maximum atomic E-state index is 9.84. The Balaban J connectivity index is 1.73. The van der Waals surface area contributed by atoms with Crippen molar-refractivity contribution >= 4 is 0 Å². The molecule has 2 nitrogen and oxygen atoms in total. The Morgan fingerprint density at radius 1 is 1.05 bits per heavy atom. The fourth-order valence-electron chi connectivity index (χ4n) is 2.85. The number of aliphatic hydroxyl groups is 1. The molecule has 2 rings (SSSR count). The molecule has 0 saturated carbocycles. The zero-order valence-corrected chi connectivity index (χ0v) is 12.9. The van der Waals surface area contributed by atoms with Crippen LogP contribution in [-0.2, 0) is 11.2 Å². The number of epoxide rings is 1. The molecule has 1 heterocycles. The summed E-state index contributed by atoms with van der Waals surface area (Å²) in [6, 6.07) is 8.37. The zero-order chi connectivity index (χ0) is 14.4. The van der Waals surface area contributed by atoms with Crippen molar-refractivity contribution in [3.05, 3.63) is 35.4 Å². The highest BCUT2D eigenvalue weighted by Gasteiger charge is 2.52. The molecule has 1 aromatic rings. The molecule has 2 heteroatoms. The number of benzene rings is 1. The Bertz CT molecular complexity index is 412. The summed E-state index contributed by atoms with van der Waals surface area (Å²) in [6.45, 7) is 3.99. The van der Waals surface area contributed by atoms with E-state index in [1.807, 2.05) is 6.07 Å². The summed E-state index contributed by atoms with van der Waals surface area (Å²) in [6.07, 6.45) is 10.3. The highest BCUT2D eigenvalue weighted by Crippen LogP contribution is 2.48. The molecule has 0 bridgehead atoms. The SMILES string of the molecule is CCCCCCCCCc1ccccc1C1OC1(C)O. The van der Waals surface area contributed by atoms with Crippen LogP contribution in [0.4, 0.5) is 0 Å². The van der Waals surface area contributed by atoms with Gasteiger partial charge in [0.2, 0.25) is 0 Å². The molecule has 0 aromatic heterocycles. The molecule has 20 heavy (non-hydrogen) atoms. The topological polar surface area (TPSA) is 32.8 Å². The molecule has 112 valence electrons. The van der Waals surface area contributed by atoms with Gasteiger partial charge in [-0.05, 0) is 30.9 Å². The van der Waals surface area contributed by atoms with Gasteiger partial charge < -0.3 is 9.84 Å². The predicted octanol–water partition coefficient (Wildman–Crippen LogP) is 4.76. The molecule has 0 radical (unpaired) electrons. The first-order chi connectivity index (χ1) is 9.65. The van der Waals surface area contributed by atoms with Crippen molar-refractivity contribution in [1.82, 2.24) is 0 Å². The molecule has 1 aliphatic heterocycles. The van der Waals surface area contributed by atoms with Crippen LogP contribution in [0, 0.1) is 0 Å². The van der Waals surface area contributed by atoms with Crippen molar-refractivity contribution in [2.24, 2.45) is 0 Å². The van der Waals surface area contributed by atoms with Crippen LogP contribution in [0.2, 0.25) is 0 Å². The molecule has 0 amide bonds. The van der Waals surface area contributed by atoms with Crippen LogP contribution in [0.3, 0.4) is 0 Å². The van der Waals surface area contributed by atoms with E-state index in [1.54, 1.807) is 6.92 Å². The Morgan fingerprint density at radius 2 is 1.65 bits per heavy atom. The fraction of sp³-hybridized carbons (Fsp3) is 0.667. The Kier molecular flexibility index (Phi) is 5.62. The highest BCUT2D eigenvalue weighted by molar-refractivity contribution is 5.33. The van der Waals surface area contributed by atoms with Gasteiger partial charge in [0, 0.05) is 0 Å². The molecular weight excluding hydrogens is 248 g/mol. The molecule has 1 N–H and O–H groups in total. The molecule has 1 fully saturated rings. The minimum Gasteiger partial charge on any atom is -0.363 e. The Hall–Kier alpha value is -0.860. The summed E-state index contributed by atoms with van der Waals surface area (Å²) in [7, 11) is 0. The van der Waals surface area contributed by atoms with E-state index in [4.69, 9.17) is 4.74 Å². The number of rotatable bonds is 9. The van der Waals surface area contributed by atoms with Crippen molar-refractivity contribution in [2.45, 2.75) is 77.1 Å². The van der Waals surface area contributed by atoms with Crippen LogP contribution >= 0.6 is 0 Å². The predicted molar refractivity (Wildman–Crippen MR) is 82.6 cm³/mol. The molecular formula is C18H28O2. The largest absolute Gasteiger partial charge is 0.363 e. The lowest BCUT2D eigenvalue weighted by Gasteiger charge is -2.08. The third kappa shape index (κ3) is 4.32. The standard InChI is InChI=1S/C18H28O2/c1-3-4-5-6-7-8-9-12-15-13-10-11-14-16(15)17-18(2,19)20-17/h10-11,13-14,17,19H,3-9,12H2,1-2H3. The van der Waals surface area contributed by atoms with Gasteiger partial charge in [0.05, 0.1) is 0 Å². The summed E-state index contributed by atoms with van der Waals surface area (Å²) in [4.78, 5) is 0. The minimum absolute atomic E-state index is 0.122. The van der Waals surface area contributed by atoms with E-state index < -0.39 is 5.79 Å². The average Bonchev–Trinajstić information content (AvgIpc) is 3.07. The number of hydrogen-bond donors (Lipinski definition) is 1. The molecule has 0 spiro atoms. The zero-order valence-electron chi connectivity index (χ0n) is 12.9. The number of ether oxygens (including phenoxy) is 1. The molecule has 1 aliphatic rings. The maximum Gasteiger partial charge on any atom is 0.194 e. The number of unbranched alkanes of at least 4 members (excludes halogenated alkanes) is 6. The van der Waals surface area contributed by atoms with Crippen molar-refractivity contribution < 1.29 is 9.84 Å². The lowest BCUT2D eigenvalue weighted by Crippen LogP contribution is -2.04. The molecule has 1 aromatic carbocycles. The van der Waals surface area contributed by atoms with Gasteiger partial charge in [0.25, 0.3) is 0 Å². The summed E-state index contributed by atoms with van der Waals surface area (Å²) < 4.78 is 5.36. The molecule has 2 unspecified atom stereocenters. The van der Waals surface area contributed by atoms with Crippen molar-refractivity contribution in [2.75, 3.05) is 0 Å². The van der Waals surface area contributed by atoms with E-state index in [2.05, 4.69) is 25.1 Å². The fourth-order valence-corrected chi connectivity index (χ4v) is 2.85. The van der Waals surface area contributed by atoms with Crippen LogP contribution in [0.5, 0.6) is 0 Å². The first kappa shape index (κ1) is 15.5. The van der Waals surface area contributed by atoms with E-state index in [-0.39, 0.29) is 6.10 Å². The van der Waals surface area contributed by atoms with Crippen LogP contribution in [-0.4, -0.2) is 10.9 Å². The Labute approximate surface area is 123 Å². The van der Waals surface area contributed by atoms with Crippen molar-refractivity contribution in [1.29, 1.82) is 0 Å². The summed E-state index contributed by atoms with van der Waals surface area (Å²) in [5.74, 6) is -0.948. The lowest BCUT2D eigenvalue weighted by molar-refractivity contribution is 0.0549. The van der Waals surface area contributed by atoms with Crippen LogP contribution in [0.25, 0.3) is 0 Å². The van der Waals surface area contributed by atoms with Crippen LogP contribution in [0.15, 0.2) is 24.3 Å². The summed E-state index contributed by atoms with van der Waals surface area (Å²) in [5, 5.41) is 9.84. The van der Waals surface area contributed by atoms with Gasteiger partial charge in [-0.1, -0.05) is 69.7 Å². The number of aryl methyl sites for hydroxylation is 1. The van der Waals surface area contributed by atoms with Crippen molar-refractivity contribution in [3.63, 3.8) is 0 Å². The van der Waals surface area contributed by atoms with E-state index in [9.17, 15) is 5.11 Å². The second-order valence-electron chi connectivity index (χ2n) is 6.12. The third-order valence-corrected chi connectivity index (χ3v) is 4.17. The smallest absolute Gasteiger partial charge is 0.194 e. The maximum absolute atomic E-state index is 9.84. The van der Waals surface area contributed by atoms with Gasteiger partial charge in [-0.15, -0.1) is 0 Å². The summed E-state index contributed by atoms with van der Waals surface area (Å²) >= 11 is 0. The van der Waals surface area contributed by atoms with Gasteiger partial charge in [-0.3, -0.25) is 0 Å². The molecule has 1 saturated heterocycles. The average molecular weight is 276 g/mol. The van der Waals surface area contributed by atoms with Gasteiger partial charge in [-0.25, -0.2) is 0 Å². The van der Waals surface area contributed by atoms with E-state index in [1.165, 1.54) is 56.1 Å². The highest BCUT2D eigenvalue weighted by atomic mass is 16.7. The first-order valence-corrected chi connectivity index (χ1v) is 8.13. The van der Waals surface area contributed by atoms with Gasteiger partial charge in [0.15, 0.2) is 5.79 Å². The van der Waals surface area contributed by atoms with Crippen LogP contribution in [0.1, 0.15) is 76.0 Å².